The quantitative estimate of drug-likeness (QED) is 0.712. The Balaban J connectivity index is 1.51. The van der Waals surface area contributed by atoms with Gasteiger partial charge in [-0.1, -0.05) is 35.0 Å². The molecule has 1 spiro atoms. The summed E-state index contributed by atoms with van der Waals surface area (Å²) in [5, 5.41) is 1.05. The zero-order chi connectivity index (χ0) is 19.9. The Hall–Kier alpha value is -1.99. The number of aromatic nitrogens is 3. The van der Waals surface area contributed by atoms with Gasteiger partial charge in [-0.3, -0.25) is 0 Å². The number of nitrogens with zero attached hydrogens (tertiary/aromatic N) is 4. The molecule has 2 aromatic heterocycles. The van der Waals surface area contributed by atoms with Crippen LogP contribution >= 0.6 is 23.4 Å². The first kappa shape index (κ1) is 19.3. The highest BCUT2D eigenvalue weighted by molar-refractivity contribution is 7.99. The average molecular weight is 417 g/mol. The Morgan fingerprint density at radius 1 is 1.14 bits per heavy atom. The van der Waals surface area contributed by atoms with Crippen molar-refractivity contribution in [2.75, 3.05) is 29.5 Å². The van der Waals surface area contributed by atoms with Gasteiger partial charge in [-0.25, -0.2) is 15.0 Å². The fourth-order valence-electron chi connectivity index (χ4n) is 4.20. The predicted molar refractivity (Wildman–Crippen MR) is 116 cm³/mol. The number of halogens is 1. The molecule has 6 nitrogen and oxygen atoms in total. The lowest BCUT2D eigenvalue weighted by Crippen LogP contribution is -2.40. The van der Waals surface area contributed by atoms with Crippen molar-refractivity contribution < 1.29 is 0 Å². The summed E-state index contributed by atoms with van der Waals surface area (Å²) in [6.07, 6.45) is 8.84. The molecule has 0 radical (unpaired) electrons. The minimum atomic E-state index is 0.297. The van der Waals surface area contributed by atoms with Crippen LogP contribution < -0.4 is 16.4 Å². The number of piperidine rings is 1. The van der Waals surface area contributed by atoms with Gasteiger partial charge in [-0.2, -0.15) is 0 Å². The zero-order valence-corrected chi connectivity index (χ0v) is 17.8. The Labute approximate surface area is 174 Å². The maximum Gasteiger partial charge on any atom is 0.158 e. The molecule has 0 saturated carbocycles. The zero-order valence-electron chi connectivity index (χ0n) is 16.2. The van der Waals surface area contributed by atoms with E-state index in [2.05, 4.69) is 22.9 Å². The van der Waals surface area contributed by atoms with Crippen LogP contribution in [0.25, 0.3) is 0 Å². The minimum absolute atomic E-state index is 0.297. The molecule has 2 aromatic rings. The Kier molecular flexibility index (Phi) is 5.14. The summed E-state index contributed by atoms with van der Waals surface area (Å²) in [5.74, 6) is 1.60. The van der Waals surface area contributed by atoms with Crippen molar-refractivity contribution in [3.63, 3.8) is 0 Å². The highest BCUT2D eigenvalue weighted by Crippen LogP contribution is 2.46. The third-order valence-corrected chi connectivity index (χ3v) is 7.35. The first-order valence-corrected chi connectivity index (χ1v) is 10.7. The molecule has 0 atom stereocenters. The largest absolute Gasteiger partial charge is 0.382 e. The smallest absolute Gasteiger partial charge is 0.158 e. The van der Waals surface area contributed by atoms with Gasteiger partial charge in [-0.05, 0) is 51.0 Å². The topological polar surface area (TPSA) is 94.0 Å². The molecule has 8 heteroatoms. The van der Waals surface area contributed by atoms with Crippen molar-refractivity contribution in [3.8, 4) is 0 Å². The van der Waals surface area contributed by atoms with Crippen molar-refractivity contribution in [1.29, 1.82) is 0 Å². The fourth-order valence-corrected chi connectivity index (χ4v) is 5.29. The summed E-state index contributed by atoms with van der Waals surface area (Å²) in [6, 6.07) is 1.80. The number of hydrogen-bond donors (Lipinski definition) is 2. The summed E-state index contributed by atoms with van der Waals surface area (Å²) in [6.45, 7) is 6.22. The molecule has 0 unspecified atom stereocenters. The molecule has 1 saturated heterocycles. The number of nitrogen functional groups attached to an aromatic ring is 2. The molecule has 1 aliphatic carbocycles. The van der Waals surface area contributed by atoms with E-state index in [4.69, 9.17) is 33.0 Å². The monoisotopic (exact) mass is 416 g/mol. The molecule has 3 heterocycles. The number of allylic oxidation sites excluding steroid dienone is 2. The first-order valence-electron chi connectivity index (χ1n) is 9.49. The number of aryl methyl sites for hydroxylation is 1. The van der Waals surface area contributed by atoms with Crippen LogP contribution in [0.5, 0.6) is 0 Å². The Morgan fingerprint density at radius 3 is 2.57 bits per heavy atom. The SMILES string of the molecule is CC1=CCC2(CCN(c3nc(N)c(Sc4ccnc(N)c4Cl)nc3C)CC2)C1. The molecular formula is C20H25ClN6S. The maximum atomic E-state index is 6.25. The number of rotatable bonds is 3. The van der Waals surface area contributed by atoms with Crippen LogP contribution in [0.2, 0.25) is 5.02 Å². The van der Waals surface area contributed by atoms with E-state index in [0.29, 0.717) is 27.1 Å². The van der Waals surface area contributed by atoms with E-state index in [-0.39, 0.29) is 0 Å². The number of nitrogens with two attached hydrogens (primary N) is 2. The third kappa shape index (κ3) is 3.65. The lowest BCUT2D eigenvalue weighted by molar-refractivity contribution is 0.233. The van der Waals surface area contributed by atoms with Gasteiger partial charge >= 0.3 is 0 Å². The summed E-state index contributed by atoms with van der Waals surface area (Å²) in [5.41, 5.74) is 14.9. The molecule has 4 rings (SSSR count). The van der Waals surface area contributed by atoms with E-state index in [9.17, 15) is 0 Å². The van der Waals surface area contributed by atoms with Gasteiger partial charge in [0.25, 0.3) is 0 Å². The molecule has 2 aliphatic rings. The van der Waals surface area contributed by atoms with E-state index in [0.717, 1.165) is 29.5 Å². The molecule has 0 bridgehead atoms. The molecular weight excluding hydrogens is 392 g/mol. The molecule has 1 aliphatic heterocycles. The van der Waals surface area contributed by atoms with Gasteiger partial charge in [0.1, 0.15) is 10.8 Å². The lowest BCUT2D eigenvalue weighted by Gasteiger charge is -2.40. The van der Waals surface area contributed by atoms with Gasteiger partial charge in [0.05, 0.1) is 10.7 Å². The van der Waals surface area contributed by atoms with Gasteiger partial charge in [0.2, 0.25) is 0 Å². The van der Waals surface area contributed by atoms with E-state index in [1.807, 2.05) is 6.92 Å². The second-order valence-electron chi connectivity index (χ2n) is 7.85. The number of hydrogen-bond acceptors (Lipinski definition) is 7. The van der Waals surface area contributed by atoms with Crippen molar-refractivity contribution in [2.45, 2.75) is 49.5 Å². The summed E-state index contributed by atoms with van der Waals surface area (Å²) in [7, 11) is 0. The Morgan fingerprint density at radius 2 is 1.89 bits per heavy atom. The fraction of sp³-hybridized carbons (Fsp3) is 0.450. The summed E-state index contributed by atoms with van der Waals surface area (Å²) >= 11 is 7.61. The number of pyridine rings is 1. The van der Waals surface area contributed by atoms with Gasteiger partial charge in [-0.15, -0.1) is 0 Å². The molecule has 28 heavy (non-hydrogen) atoms. The van der Waals surface area contributed by atoms with Crippen molar-refractivity contribution >= 4 is 40.8 Å². The van der Waals surface area contributed by atoms with Gasteiger partial charge < -0.3 is 16.4 Å². The average Bonchev–Trinajstić information content (AvgIpc) is 3.03. The molecule has 0 aromatic carbocycles. The van der Waals surface area contributed by atoms with E-state index < -0.39 is 0 Å². The van der Waals surface area contributed by atoms with E-state index in [1.165, 1.54) is 43.0 Å². The van der Waals surface area contributed by atoms with Crippen LogP contribution in [0.3, 0.4) is 0 Å². The predicted octanol–water partition coefficient (Wildman–Crippen LogP) is 4.48. The Bertz CT molecular complexity index is 937. The van der Waals surface area contributed by atoms with E-state index >= 15 is 0 Å². The van der Waals surface area contributed by atoms with Crippen molar-refractivity contribution in [2.24, 2.45) is 5.41 Å². The van der Waals surface area contributed by atoms with Crippen LogP contribution in [-0.2, 0) is 0 Å². The van der Waals surface area contributed by atoms with Crippen LogP contribution in [0.1, 0.15) is 38.3 Å². The maximum absolute atomic E-state index is 6.25. The highest BCUT2D eigenvalue weighted by Gasteiger charge is 2.37. The number of anilines is 3. The normalized spacial score (nSPS) is 18.5. The first-order chi connectivity index (χ1) is 13.4. The molecule has 0 amide bonds. The summed E-state index contributed by atoms with van der Waals surface area (Å²) < 4.78 is 0. The highest BCUT2D eigenvalue weighted by atomic mass is 35.5. The van der Waals surface area contributed by atoms with Crippen LogP contribution in [-0.4, -0.2) is 28.0 Å². The second kappa shape index (κ2) is 7.44. The third-order valence-electron chi connectivity index (χ3n) is 5.79. The van der Waals surface area contributed by atoms with Crippen molar-refractivity contribution in [3.05, 3.63) is 34.6 Å². The van der Waals surface area contributed by atoms with Gasteiger partial charge in [0, 0.05) is 24.2 Å². The van der Waals surface area contributed by atoms with Crippen LogP contribution in [0.15, 0.2) is 33.8 Å². The van der Waals surface area contributed by atoms with Crippen LogP contribution in [0, 0.1) is 12.3 Å². The molecule has 1 fully saturated rings. The lowest BCUT2D eigenvalue weighted by atomic mass is 9.76. The van der Waals surface area contributed by atoms with Crippen LogP contribution in [0.4, 0.5) is 17.5 Å². The van der Waals surface area contributed by atoms with Crippen molar-refractivity contribution in [1.82, 2.24) is 15.0 Å². The second-order valence-corrected chi connectivity index (χ2v) is 9.26. The minimum Gasteiger partial charge on any atom is -0.382 e. The summed E-state index contributed by atoms with van der Waals surface area (Å²) in [4.78, 5) is 16.5. The standard InChI is InChI=1S/C20H25ClN6S/c1-12-3-5-20(11-12)6-9-27(10-7-20)18-13(2)25-19(17(23)26-18)28-14-4-8-24-16(22)15(14)21/h3-4,8H,5-7,9-11H2,1-2H3,(H2,22,24)(H2,23,26). The molecule has 4 N–H and O–H groups in total. The van der Waals surface area contributed by atoms with E-state index in [1.54, 1.807) is 12.3 Å². The van der Waals surface area contributed by atoms with Gasteiger partial charge in [0.15, 0.2) is 11.6 Å². The molecule has 148 valence electrons.